The van der Waals surface area contributed by atoms with Gasteiger partial charge < -0.3 is 41.4 Å². The zero-order chi connectivity index (χ0) is 31.7. The highest BCUT2D eigenvalue weighted by atomic mass is 16.5. The SMILES string of the molecule is CC(C)[C@H]1NC(=O)[C@H](CCC(N)=O)NC(=O)C[C@@H](C(=O)N2C[C@@H](C)O[C@@H](C)C2)NC(=O)c2ccccc2OCCNC1=O. The zero-order valence-corrected chi connectivity index (χ0v) is 25.0. The molecule has 2 aliphatic heterocycles. The molecule has 2 heterocycles. The second kappa shape index (κ2) is 15.3. The fraction of sp³-hybridized carbons (Fsp3) is 0.586. The molecule has 0 aliphatic carbocycles. The smallest absolute Gasteiger partial charge is 0.255 e. The number of carbonyl (C=O) groups is 6. The Bertz CT molecular complexity index is 1200. The van der Waals surface area contributed by atoms with E-state index in [0.717, 1.165) is 0 Å². The highest BCUT2D eigenvalue weighted by molar-refractivity contribution is 6.01. The van der Waals surface area contributed by atoms with E-state index in [9.17, 15) is 28.8 Å². The molecule has 236 valence electrons. The molecule has 3 rings (SSSR count). The fourth-order valence-corrected chi connectivity index (χ4v) is 5.02. The largest absolute Gasteiger partial charge is 0.491 e. The summed E-state index contributed by atoms with van der Waals surface area (Å²) >= 11 is 0. The van der Waals surface area contributed by atoms with Crippen molar-refractivity contribution in [2.24, 2.45) is 11.7 Å². The normalized spacial score (nSPS) is 26.2. The van der Waals surface area contributed by atoms with Crippen LogP contribution in [0, 0.1) is 5.92 Å². The van der Waals surface area contributed by atoms with Crippen LogP contribution in [0.15, 0.2) is 24.3 Å². The van der Waals surface area contributed by atoms with Crippen LogP contribution in [-0.2, 0) is 28.7 Å². The molecule has 43 heavy (non-hydrogen) atoms. The third kappa shape index (κ3) is 9.66. The predicted octanol–water partition coefficient (Wildman–Crippen LogP) is -0.789. The number of nitrogens with one attached hydrogen (secondary N) is 4. The van der Waals surface area contributed by atoms with Gasteiger partial charge in [-0.2, -0.15) is 0 Å². The predicted molar refractivity (Wildman–Crippen MR) is 155 cm³/mol. The molecule has 0 spiro atoms. The molecular weight excluding hydrogens is 560 g/mol. The van der Waals surface area contributed by atoms with Crippen LogP contribution in [0.5, 0.6) is 5.75 Å². The van der Waals surface area contributed by atoms with E-state index < -0.39 is 60.0 Å². The molecule has 14 nitrogen and oxygen atoms in total. The third-order valence-electron chi connectivity index (χ3n) is 7.09. The molecule has 2 aliphatic rings. The van der Waals surface area contributed by atoms with E-state index in [4.69, 9.17) is 15.2 Å². The number of hydrogen-bond acceptors (Lipinski definition) is 8. The number of hydrogen-bond donors (Lipinski definition) is 5. The Labute approximate surface area is 250 Å². The van der Waals surface area contributed by atoms with Gasteiger partial charge in [0.1, 0.15) is 30.5 Å². The zero-order valence-electron chi connectivity index (χ0n) is 25.0. The van der Waals surface area contributed by atoms with Gasteiger partial charge in [-0.1, -0.05) is 26.0 Å². The number of morpholine rings is 1. The number of benzene rings is 1. The van der Waals surface area contributed by atoms with Crippen molar-refractivity contribution in [1.29, 1.82) is 0 Å². The standard InChI is InChI=1S/C29H42N6O8/c1-16(2)25-28(40)31-11-12-42-22-8-6-5-7-19(22)26(38)33-21(29(41)35-14-17(3)43-18(4)15-35)13-24(37)32-20(27(39)34-25)9-10-23(30)36/h5-8,16-18,20-21,25H,9-15H2,1-4H3,(H2,30,36)(H,31,40)(H,32,37)(H,33,38)(H,34,39)/t17-,18+,20-,21-,25+/m0/s1. The average molecular weight is 603 g/mol. The molecule has 1 aromatic carbocycles. The van der Waals surface area contributed by atoms with E-state index in [1.807, 2.05) is 13.8 Å². The van der Waals surface area contributed by atoms with Gasteiger partial charge in [0, 0.05) is 19.5 Å². The Morgan fingerprint density at radius 2 is 1.67 bits per heavy atom. The molecule has 14 heteroatoms. The quantitative estimate of drug-likeness (QED) is 0.289. The monoisotopic (exact) mass is 602 g/mol. The van der Waals surface area contributed by atoms with Gasteiger partial charge in [-0.3, -0.25) is 28.8 Å². The van der Waals surface area contributed by atoms with Crippen molar-refractivity contribution in [3.63, 3.8) is 0 Å². The van der Waals surface area contributed by atoms with Crippen LogP contribution < -0.4 is 31.7 Å². The number of carbonyl (C=O) groups excluding carboxylic acids is 6. The Morgan fingerprint density at radius 1 is 1.00 bits per heavy atom. The van der Waals surface area contributed by atoms with Gasteiger partial charge in [-0.05, 0) is 38.3 Å². The maximum absolute atomic E-state index is 13.7. The maximum atomic E-state index is 13.7. The summed E-state index contributed by atoms with van der Waals surface area (Å²) in [6.07, 6.45) is -1.36. The van der Waals surface area contributed by atoms with Gasteiger partial charge in [0.25, 0.3) is 5.91 Å². The average Bonchev–Trinajstić information content (AvgIpc) is 2.94. The maximum Gasteiger partial charge on any atom is 0.255 e. The van der Waals surface area contributed by atoms with Crippen molar-refractivity contribution in [3.8, 4) is 5.75 Å². The highest BCUT2D eigenvalue weighted by Crippen LogP contribution is 2.19. The summed E-state index contributed by atoms with van der Waals surface area (Å²) in [6.45, 7) is 7.75. The summed E-state index contributed by atoms with van der Waals surface area (Å²) in [5.74, 6) is -3.80. The summed E-state index contributed by atoms with van der Waals surface area (Å²) < 4.78 is 11.5. The van der Waals surface area contributed by atoms with Crippen LogP contribution in [0.4, 0.5) is 0 Å². The first-order chi connectivity index (χ1) is 20.3. The molecule has 0 radical (unpaired) electrons. The molecule has 0 unspecified atom stereocenters. The lowest BCUT2D eigenvalue weighted by molar-refractivity contribution is -0.146. The number of primary amides is 1. The summed E-state index contributed by atoms with van der Waals surface area (Å²) in [4.78, 5) is 79.8. The van der Waals surface area contributed by atoms with Gasteiger partial charge in [0.05, 0.1) is 30.7 Å². The lowest BCUT2D eigenvalue weighted by Crippen LogP contribution is -2.58. The van der Waals surface area contributed by atoms with Gasteiger partial charge in [-0.25, -0.2) is 0 Å². The molecule has 0 aromatic heterocycles. The van der Waals surface area contributed by atoms with Crippen molar-refractivity contribution >= 4 is 35.4 Å². The van der Waals surface area contributed by atoms with E-state index in [-0.39, 0.29) is 68.5 Å². The van der Waals surface area contributed by atoms with Crippen molar-refractivity contribution in [2.45, 2.75) is 77.3 Å². The van der Waals surface area contributed by atoms with Gasteiger partial charge in [0.2, 0.25) is 29.5 Å². The van der Waals surface area contributed by atoms with Crippen LogP contribution in [0.25, 0.3) is 0 Å². The second-order valence-corrected chi connectivity index (χ2v) is 11.2. The van der Waals surface area contributed by atoms with Crippen LogP contribution in [0.3, 0.4) is 0 Å². The van der Waals surface area contributed by atoms with Crippen LogP contribution in [0.2, 0.25) is 0 Å². The molecular formula is C29H42N6O8. The van der Waals surface area contributed by atoms with E-state index in [1.165, 1.54) is 11.0 Å². The molecule has 0 bridgehead atoms. The van der Waals surface area contributed by atoms with Gasteiger partial charge >= 0.3 is 0 Å². The van der Waals surface area contributed by atoms with Crippen LogP contribution in [-0.4, -0.2) is 96.9 Å². The van der Waals surface area contributed by atoms with Crippen LogP contribution >= 0.6 is 0 Å². The summed E-state index contributed by atoms with van der Waals surface area (Å²) in [6, 6.07) is 2.94. The van der Waals surface area contributed by atoms with Crippen molar-refractivity contribution in [1.82, 2.24) is 26.2 Å². The molecule has 6 N–H and O–H groups in total. The summed E-state index contributed by atoms with van der Waals surface area (Å²) in [5, 5.41) is 10.6. The number of amides is 6. The number of rotatable bonds is 5. The number of nitrogens with two attached hydrogens (primary N) is 1. The first-order valence-electron chi connectivity index (χ1n) is 14.5. The second-order valence-electron chi connectivity index (χ2n) is 11.2. The Hall–Kier alpha value is -4.20. The third-order valence-corrected chi connectivity index (χ3v) is 7.09. The first-order valence-corrected chi connectivity index (χ1v) is 14.5. The lowest BCUT2D eigenvalue weighted by Gasteiger charge is -2.37. The lowest BCUT2D eigenvalue weighted by atomic mass is 10.0. The molecule has 0 saturated carbocycles. The minimum atomic E-state index is -1.29. The number of para-hydroxylation sites is 1. The van der Waals surface area contributed by atoms with Gasteiger partial charge in [0.15, 0.2) is 0 Å². The van der Waals surface area contributed by atoms with E-state index in [0.29, 0.717) is 0 Å². The molecule has 1 fully saturated rings. The Balaban J connectivity index is 1.96. The van der Waals surface area contributed by atoms with E-state index >= 15 is 0 Å². The number of nitrogens with zero attached hydrogens (tertiary/aromatic N) is 1. The minimum absolute atomic E-state index is 0.0159. The van der Waals surface area contributed by atoms with Crippen molar-refractivity contribution < 1.29 is 38.2 Å². The number of ether oxygens (including phenoxy) is 2. The molecule has 1 aromatic rings. The Kier molecular flexibility index (Phi) is 11.9. The minimum Gasteiger partial charge on any atom is -0.491 e. The molecule has 5 atom stereocenters. The number of fused-ring (bicyclic) bond motifs is 1. The summed E-state index contributed by atoms with van der Waals surface area (Å²) in [7, 11) is 0. The van der Waals surface area contributed by atoms with Crippen molar-refractivity contribution in [3.05, 3.63) is 29.8 Å². The van der Waals surface area contributed by atoms with Crippen molar-refractivity contribution in [2.75, 3.05) is 26.2 Å². The van der Waals surface area contributed by atoms with E-state index in [1.54, 1.807) is 32.0 Å². The summed E-state index contributed by atoms with van der Waals surface area (Å²) in [5.41, 5.74) is 5.43. The Morgan fingerprint density at radius 3 is 2.33 bits per heavy atom. The fourth-order valence-electron chi connectivity index (χ4n) is 5.02. The topological polar surface area (TPSA) is 198 Å². The highest BCUT2D eigenvalue weighted by Gasteiger charge is 2.35. The van der Waals surface area contributed by atoms with E-state index in [2.05, 4.69) is 21.3 Å². The molecule has 6 amide bonds. The van der Waals surface area contributed by atoms with Crippen LogP contribution in [0.1, 0.15) is 57.3 Å². The molecule has 1 saturated heterocycles. The first kappa shape index (κ1) is 33.3. The van der Waals surface area contributed by atoms with Gasteiger partial charge in [-0.15, -0.1) is 0 Å².